The van der Waals surface area contributed by atoms with Crippen LogP contribution in [0.25, 0.3) is 0 Å². The van der Waals surface area contributed by atoms with Gasteiger partial charge in [-0.3, -0.25) is 0 Å². The minimum absolute atomic E-state index is 0.0536. The van der Waals surface area contributed by atoms with Crippen LogP contribution in [0.1, 0.15) is 25.8 Å². The van der Waals surface area contributed by atoms with Gasteiger partial charge in [0.2, 0.25) is 0 Å². The van der Waals surface area contributed by atoms with E-state index >= 15 is 0 Å². The Balaban J connectivity index is 2.08. The molecule has 82 valence electrons. The van der Waals surface area contributed by atoms with Gasteiger partial charge < -0.3 is 5.73 Å². The Bertz CT molecular complexity index is 361. The van der Waals surface area contributed by atoms with Crippen LogP contribution < -0.4 is 5.73 Å². The van der Waals surface area contributed by atoms with E-state index in [4.69, 9.17) is 5.73 Å². The first-order valence-electron chi connectivity index (χ1n) is 5.55. The molecule has 2 N–H and O–H groups in total. The fourth-order valence-electron chi connectivity index (χ4n) is 2.45. The van der Waals surface area contributed by atoms with Crippen molar-refractivity contribution in [2.75, 3.05) is 0 Å². The molecule has 1 aromatic rings. The van der Waals surface area contributed by atoms with Crippen molar-refractivity contribution in [1.82, 2.24) is 0 Å². The third kappa shape index (κ3) is 2.26. The van der Waals surface area contributed by atoms with E-state index in [0.29, 0.717) is 11.8 Å². The van der Waals surface area contributed by atoms with Gasteiger partial charge in [0, 0.05) is 10.0 Å². The molecule has 1 nitrogen and oxygen atoms in total. The fourth-order valence-corrected chi connectivity index (χ4v) is 2.87. The predicted octanol–water partition coefficient (Wildman–Crippen LogP) is 3.37. The van der Waals surface area contributed by atoms with E-state index in [1.165, 1.54) is 16.5 Å². The van der Waals surface area contributed by atoms with Crippen LogP contribution in [0, 0.1) is 11.8 Å². The Labute approximate surface area is 100 Å². The van der Waals surface area contributed by atoms with Crippen LogP contribution in [-0.4, -0.2) is 5.54 Å². The van der Waals surface area contributed by atoms with Gasteiger partial charge in [-0.25, -0.2) is 0 Å². The van der Waals surface area contributed by atoms with Crippen molar-refractivity contribution in [3.05, 3.63) is 34.3 Å². The summed E-state index contributed by atoms with van der Waals surface area (Å²) < 4.78 is 1.18. The van der Waals surface area contributed by atoms with Gasteiger partial charge >= 0.3 is 0 Å². The van der Waals surface area contributed by atoms with Crippen molar-refractivity contribution in [1.29, 1.82) is 0 Å². The topological polar surface area (TPSA) is 26.0 Å². The third-order valence-corrected chi connectivity index (χ3v) is 4.23. The zero-order valence-corrected chi connectivity index (χ0v) is 10.9. The number of nitrogens with two attached hydrogens (primary N) is 1. The molecule has 0 heterocycles. The molecule has 1 aliphatic carbocycles. The normalized spacial score (nSPS) is 29.5. The van der Waals surface area contributed by atoms with E-state index < -0.39 is 0 Å². The Kier molecular flexibility index (Phi) is 2.91. The molecule has 0 spiro atoms. The molecule has 2 heteroatoms. The standard InChI is InChI=1S/C13H18BrN/c1-9(2)11-8-13(11,15)7-10-5-3-4-6-12(10)14/h3-6,9,11H,7-8,15H2,1-2H3. The highest BCUT2D eigenvalue weighted by atomic mass is 79.9. The highest BCUT2D eigenvalue weighted by Crippen LogP contribution is 2.48. The molecule has 0 aromatic heterocycles. The summed E-state index contributed by atoms with van der Waals surface area (Å²) in [6, 6.07) is 8.37. The van der Waals surface area contributed by atoms with Gasteiger partial charge in [-0.1, -0.05) is 48.0 Å². The van der Waals surface area contributed by atoms with Gasteiger partial charge in [0.15, 0.2) is 0 Å². The maximum atomic E-state index is 6.37. The van der Waals surface area contributed by atoms with Crippen LogP contribution in [0.4, 0.5) is 0 Å². The largest absolute Gasteiger partial charge is 0.325 e. The molecule has 0 aliphatic heterocycles. The fraction of sp³-hybridized carbons (Fsp3) is 0.538. The second-order valence-corrected chi connectivity index (χ2v) is 5.91. The average molecular weight is 268 g/mol. The van der Waals surface area contributed by atoms with Crippen molar-refractivity contribution in [2.24, 2.45) is 17.6 Å². The molecular formula is C13H18BrN. The van der Waals surface area contributed by atoms with Crippen LogP contribution >= 0.6 is 15.9 Å². The molecule has 2 unspecified atom stereocenters. The summed E-state index contributed by atoms with van der Waals surface area (Å²) in [5, 5.41) is 0. The first-order valence-corrected chi connectivity index (χ1v) is 6.34. The smallest absolute Gasteiger partial charge is 0.0230 e. The van der Waals surface area contributed by atoms with Crippen molar-refractivity contribution >= 4 is 15.9 Å². The van der Waals surface area contributed by atoms with Crippen LogP contribution in [0.3, 0.4) is 0 Å². The zero-order chi connectivity index (χ0) is 11.1. The second-order valence-electron chi connectivity index (χ2n) is 5.06. The van der Waals surface area contributed by atoms with E-state index in [-0.39, 0.29) is 5.54 Å². The third-order valence-electron chi connectivity index (χ3n) is 3.46. The predicted molar refractivity (Wildman–Crippen MR) is 67.7 cm³/mol. The first kappa shape index (κ1) is 11.2. The van der Waals surface area contributed by atoms with E-state index in [2.05, 4.69) is 48.0 Å². The summed E-state index contributed by atoms with van der Waals surface area (Å²) in [6.45, 7) is 4.53. The lowest BCUT2D eigenvalue weighted by Gasteiger charge is -2.14. The Morgan fingerprint density at radius 3 is 2.67 bits per heavy atom. The summed E-state index contributed by atoms with van der Waals surface area (Å²) >= 11 is 3.58. The number of benzene rings is 1. The van der Waals surface area contributed by atoms with E-state index in [1.54, 1.807) is 0 Å². The maximum absolute atomic E-state index is 6.37. The summed E-state index contributed by atoms with van der Waals surface area (Å²) in [6.07, 6.45) is 2.17. The highest BCUT2D eigenvalue weighted by Gasteiger charge is 2.51. The van der Waals surface area contributed by atoms with Gasteiger partial charge in [-0.15, -0.1) is 0 Å². The molecule has 0 amide bonds. The molecule has 1 aromatic carbocycles. The quantitative estimate of drug-likeness (QED) is 0.893. The number of hydrogen-bond donors (Lipinski definition) is 1. The summed E-state index contributed by atoms with van der Waals surface area (Å²) in [7, 11) is 0. The van der Waals surface area contributed by atoms with Crippen LogP contribution in [-0.2, 0) is 6.42 Å². The van der Waals surface area contributed by atoms with Gasteiger partial charge in [-0.2, -0.15) is 0 Å². The van der Waals surface area contributed by atoms with E-state index in [0.717, 1.165) is 6.42 Å². The molecule has 0 saturated heterocycles. The summed E-state index contributed by atoms with van der Waals surface area (Å²) in [4.78, 5) is 0. The van der Waals surface area contributed by atoms with Crippen molar-refractivity contribution < 1.29 is 0 Å². The van der Waals surface area contributed by atoms with E-state index in [1.807, 2.05) is 6.07 Å². The number of hydrogen-bond acceptors (Lipinski definition) is 1. The number of rotatable bonds is 3. The number of halogens is 1. The maximum Gasteiger partial charge on any atom is 0.0230 e. The molecule has 0 radical (unpaired) electrons. The second kappa shape index (κ2) is 3.91. The van der Waals surface area contributed by atoms with Crippen LogP contribution in [0.5, 0.6) is 0 Å². The average Bonchev–Trinajstić information content (AvgIpc) is 2.83. The minimum atomic E-state index is 0.0536. The van der Waals surface area contributed by atoms with Gasteiger partial charge in [0.25, 0.3) is 0 Å². The zero-order valence-electron chi connectivity index (χ0n) is 9.33. The molecule has 2 rings (SSSR count). The summed E-state index contributed by atoms with van der Waals surface area (Å²) in [5.41, 5.74) is 7.76. The molecular weight excluding hydrogens is 250 g/mol. The van der Waals surface area contributed by atoms with Crippen molar-refractivity contribution in [2.45, 2.75) is 32.2 Å². The Morgan fingerprint density at radius 2 is 2.13 bits per heavy atom. The first-order chi connectivity index (χ1) is 7.03. The lowest BCUT2D eigenvalue weighted by molar-refractivity contribution is 0.475. The SMILES string of the molecule is CC(C)C1CC1(N)Cc1ccccc1Br. The Hall–Kier alpha value is -0.340. The van der Waals surface area contributed by atoms with Crippen molar-refractivity contribution in [3.8, 4) is 0 Å². The molecule has 0 bridgehead atoms. The lowest BCUT2D eigenvalue weighted by Crippen LogP contribution is -2.29. The molecule has 2 atom stereocenters. The van der Waals surface area contributed by atoms with Crippen LogP contribution in [0.2, 0.25) is 0 Å². The molecule has 1 aliphatic rings. The molecule has 1 saturated carbocycles. The highest BCUT2D eigenvalue weighted by molar-refractivity contribution is 9.10. The van der Waals surface area contributed by atoms with Gasteiger partial charge in [0.1, 0.15) is 0 Å². The Morgan fingerprint density at radius 1 is 1.47 bits per heavy atom. The lowest BCUT2D eigenvalue weighted by atomic mass is 9.98. The van der Waals surface area contributed by atoms with Crippen LogP contribution in [0.15, 0.2) is 28.7 Å². The molecule has 1 fully saturated rings. The summed E-state index contributed by atoms with van der Waals surface area (Å²) in [5.74, 6) is 1.40. The van der Waals surface area contributed by atoms with Gasteiger partial charge in [-0.05, 0) is 36.3 Å². The minimum Gasteiger partial charge on any atom is -0.325 e. The van der Waals surface area contributed by atoms with E-state index in [9.17, 15) is 0 Å². The van der Waals surface area contributed by atoms with Gasteiger partial charge in [0.05, 0.1) is 0 Å². The van der Waals surface area contributed by atoms with Crippen molar-refractivity contribution in [3.63, 3.8) is 0 Å². The molecule has 15 heavy (non-hydrogen) atoms. The monoisotopic (exact) mass is 267 g/mol.